The van der Waals surface area contributed by atoms with Crippen LogP contribution in [0.4, 0.5) is 4.79 Å². The molecule has 0 fully saturated rings. The number of hydrogen-bond donors (Lipinski definition) is 1. The van der Waals surface area contributed by atoms with Gasteiger partial charge in [-0.3, -0.25) is 0 Å². The molecule has 0 aromatic rings. The Morgan fingerprint density at radius 2 is 1.88 bits per heavy atom. The summed E-state index contributed by atoms with van der Waals surface area (Å²) >= 11 is 0. The minimum absolute atomic E-state index is 0.139. The van der Waals surface area contributed by atoms with Crippen molar-refractivity contribution < 1.29 is 9.53 Å². The molecule has 0 aliphatic carbocycles. The third kappa shape index (κ3) is 5.35. The van der Waals surface area contributed by atoms with Crippen molar-refractivity contribution in [3.63, 3.8) is 0 Å². The van der Waals surface area contributed by atoms with Gasteiger partial charge in [-0.2, -0.15) is 0 Å². The summed E-state index contributed by atoms with van der Waals surface area (Å²) in [6.07, 6.45) is 0.521. The van der Waals surface area contributed by atoms with Crippen molar-refractivity contribution >= 4 is 6.09 Å². The van der Waals surface area contributed by atoms with Crippen LogP contribution in [-0.2, 0) is 4.74 Å². The average molecular weight is 230 g/mol. The molecule has 1 amide bonds. The van der Waals surface area contributed by atoms with Gasteiger partial charge in [0.15, 0.2) is 0 Å². The smallest absolute Gasteiger partial charge is 0.410 e. The van der Waals surface area contributed by atoms with E-state index in [-0.39, 0.29) is 12.1 Å². The summed E-state index contributed by atoms with van der Waals surface area (Å²) in [5, 5.41) is 0. The van der Waals surface area contributed by atoms with E-state index in [9.17, 15) is 4.79 Å². The van der Waals surface area contributed by atoms with Crippen LogP contribution in [0.25, 0.3) is 0 Å². The fraction of sp³-hybridized carbons (Fsp3) is 0.917. The van der Waals surface area contributed by atoms with Crippen LogP contribution in [0.3, 0.4) is 0 Å². The molecule has 1 unspecified atom stereocenters. The van der Waals surface area contributed by atoms with Crippen molar-refractivity contribution in [3.8, 4) is 0 Å². The van der Waals surface area contributed by atoms with Crippen molar-refractivity contribution in [2.75, 3.05) is 13.6 Å². The Balaban J connectivity index is 4.49. The first kappa shape index (κ1) is 15.2. The van der Waals surface area contributed by atoms with E-state index in [4.69, 9.17) is 10.5 Å². The molecule has 0 heterocycles. The first-order valence-corrected chi connectivity index (χ1v) is 5.85. The highest BCUT2D eigenvalue weighted by atomic mass is 16.6. The van der Waals surface area contributed by atoms with E-state index in [1.165, 1.54) is 0 Å². The van der Waals surface area contributed by atoms with E-state index in [1.807, 2.05) is 20.8 Å². The number of carbonyl (C=O) groups excluding carboxylic acids is 1. The van der Waals surface area contributed by atoms with Crippen LogP contribution in [0.1, 0.15) is 41.0 Å². The molecule has 0 aromatic heterocycles. The summed E-state index contributed by atoms with van der Waals surface area (Å²) in [6.45, 7) is 10.3. The van der Waals surface area contributed by atoms with E-state index in [0.717, 1.165) is 6.42 Å². The average Bonchev–Trinajstić information content (AvgIpc) is 2.09. The topological polar surface area (TPSA) is 55.6 Å². The predicted octanol–water partition coefficient (Wildman–Crippen LogP) is 2.23. The molecular formula is C12H26N2O2. The third-order valence-corrected chi connectivity index (χ3v) is 2.41. The highest BCUT2D eigenvalue weighted by Gasteiger charge is 2.26. The second kappa shape index (κ2) is 6.09. The molecular weight excluding hydrogens is 204 g/mol. The fourth-order valence-electron chi connectivity index (χ4n) is 1.61. The maximum atomic E-state index is 11.8. The van der Waals surface area contributed by atoms with Crippen LogP contribution in [0, 0.1) is 5.92 Å². The van der Waals surface area contributed by atoms with Gasteiger partial charge in [-0.15, -0.1) is 0 Å². The predicted molar refractivity (Wildman–Crippen MR) is 66.3 cm³/mol. The van der Waals surface area contributed by atoms with E-state index in [1.54, 1.807) is 11.9 Å². The molecule has 0 aliphatic rings. The van der Waals surface area contributed by atoms with E-state index >= 15 is 0 Å². The van der Waals surface area contributed by atoms with E-state index < -0.39 is 5.60 Å². The minimum Gasteiger partial charge on any atom is -0.444 e. The molecule has 0 saturated carbocycles. The van der Waals surface area contributed by atoms with Crippen molar-refractivity contribution in [1.82, 2.24) is 4.90 Å². The van der Waals surface area contributed by atoms with Gasteiger partial charge in [0.25, 0.3) is 0 Å². The second-order valence-corrected chi connectivity index (χ2v) is 5.48. The van der Waals surface area contributed by atoms with Crippen molar-refractivity contribution in [2.45, 2.75) is 52.7 Å². The zero-order valence-electron chi connectivity index (χ0n) is 11.4. The van der Waals surface area contributed by atoms with Gasteiger partial charge >= 0.3 is 6.09 Å². The molecule has 1 atom stereocenters. The Morgan fingerprint density at radius 3 is 2.19 bits per heavy atom. The second-order valence-electron chi connectivity index (χ2n) is 5.48. The zero-order chi connectivity index (χ0) is 12.9. The van der Waals surface area contributed by atoms with Crippen LogP contribution in [0.2, 0.25) is 0 Å². The number of ether oxygens (including phenoxy) is 1. The number of amides is 1. The maximum absolute atomic E-state index is 11.8. The Kier molecular flexibility index (Phi) is 5.79. The number of nitrogens with two attached hydrogens (primary N) is 1. The highest BCUT2D eigenvalue weighted by Crippen LogP contribution is 2.16. The highest BCUT2D eigenvalue weighted by molar-refractivity contribution is 5.68. The summed E-state index contributed by atoms with van der Waals surface area (Å²) in [6, 6.07) is 0.139. The number of hydrogen-bond acceptors (Lipinski definition) is 3. The molecule has 0 rings (SSSR count). The van der Waals surface area contributed by atoms with Crippen LogP contribution in [-0.4, -0.2) is 36.2 Å². The van der Waals surface area contributed by atoms with Crippen molar-refractivity contribution in [3.05, 3.63) is 0 Å². The Labute approximate surface area is 99.1 Å². The van der Waals surface area contributed by atoms with Gasteiger partial charge in [-0.1, -0.05) is 13.8 Å². The molecule has 16 heavy (non-hydrogen) atoms. The van der Waals surface area contributed by atoms with Crippen LogP contribution in [0.5, 0.6) is 0 Å². The van der Waals surface area contributed by atoms with Gasteiger partial charge in [0.05, 0.1) is 0 Å². The lowest BCUT2D eigenvalue weighted by atomic mass is 10.00. The summed E-state index contributed by atoms with van der Waals surface area (Å²) in [5.41, 5.74) is 5.10. The molecule has 2 N–H and O–H groups in total. The largest absolute Gasteiger partial charge is 0.444 e. The molecule has 0 aliphatic heterocycles. The summed E-state index contributed by atoms with van der Waals surface area (Å²) in [5.74, 6) is 0.376. The molecule has 0 radical (unpaired) electrons. The summed E-state index contributed by atoms with van der Waals surface area (Å²) in [7, 11) is 1.77. The number of nitrogens with zero attached hydrogens (tertiary/aromatic N) is 1. The maximum Gasteiger partial charge on any atom is 0.410 e. The van der Waals surface area contributed by atoms with E-state index in [0.29, 0.717) is 12.5 Å². The normalized spacial score (nSPS) is 13.8. The Hall–Kier alpha value is -0.770. The van der Waals surface area contributed by atoms with Crippen LogP contribution < -0.4 is 5.73 Å². The molecule has 0 aromatic carbocycles. The lowest BCUT2D eigenvalue weighted by Gasteiger charge is -2.32. The quantitative estimate of drug-likeness (QED) is 0.805. The number of rotatable bonds is 4. The molecule has 4 nitrogen and oxygen atoms in total. The van der Waals surface area contributed by atoms with E-state index in [2.05, 4.69) is 13.8 Å². The Bertz CT molecular complexity index is 222. The standard InChI is InChI=1S/C12H26N2O2/c1-9(2)10(7-8-13)14(6)11(15)16-12(3,4)5/h9-10H,7-8,13H2,1-6H3. The summed E-state index contributed by atoms with van der Waals surface area (Å²) < 4.78 is 5.32. The van der Waals surface area contributed by atoms with Gasteiger partial charge in [-0.25, -0.2) is 4.79 Å². The lowest BCUT2D eigenvalue weighted by molar-refractivity contribution is 0.0172. The minimum atomic E-state index is -0.449. The van der Waals surface area contributed by atoms with Crippen molar-refractivity contribution in [1.29, 1.82) is 0 Å². The van der Waals surface area contributed by atoms with Crippen LogP contribution >= 0.6 is 0 Å². The van der Waals surface area contributed by atoms with Crippen molar-refractivity contribution in [2.24, 2.45) is 11.7 Å². The SMILES string of the molecule is CC(C)C(CCN)N(C)C(=O)OC(C)(C)C. The van der Waals surface area contributed by atoms with Gasteiger partial charge < -0.3 is 15.4 Å². The fourth-order valence-corrected chi connectivity index (χ4v) is 1.61. The Morgan fingerprint density at radius 1 is 1.38 bits per heavy atom. The first-order chi connectivity index (χ1) is 7.19. The van der Waals surface area contributed by atoms with Gasteiger partial charge in [0.1, 0.15) is 5.60 Å². The molecule has 0 saturated heterocycles. The molecule has 4 heteroatoms. The zero-order valence-corrected chi connectivity index (χ0v) is 11.4. The lowest BCUT2D eigenvalue weighted by Crippen LogP contribution is -2.44. The van der Waals surface area contributed by atoms with Gasteiger partial charge in [0, 0.05) is 13.1 Å². The summed E-state index contributed by atoms with van der Waals surface area (Å²) in [4.78, 5) is 13.5. The van der Waals surface area contributed by atoms with Crippen LogP contribution in [0.15, 0.2) is 0 Å². The molecule has 0 bridgehead atoms. The molecule has 0 spiro atoms. The third-order valence-electron chi connectivity index (χ3n) is 2.41. The van der Waals surface area contributed by atoms with Gasteiger partial charge in [-0.05, 0) is 39.7 Å². The number of carbonyl (C=O) groups is 1. The molecule has 96 valence electrons. The van der Waals surface area contributed by atoms with Gasteiger partial charge in [0.2, 0.25) is 0 Å². The monoisotopic (exact) mass is 230 g/mol. The first-order valence-electron chi connectivity index (χ1n) is 5.85.